The summed E-state index contributed by atoms with van der Waals surface area (Å²) in [6, 6.07) is 9.37. The van der Waals surface area contributed by atoms with Crippen molar-refractivity contribution >= 4 is 21.8 Å². The Kier molecular flexibility index (Phi) is 5.24. The Morgan fingerprint density at radius 1 is 1.27 bits per heavy atom. The quantitative estimate of drug-likeness (QED) is 0.584. The lowest BCUT2D eigenvalue weighted by Crippen LogP contribution is -2.48. The first-order chi connectivity index (χ1) is 12.4. The summed E-state index contributed by atoms with van der Waals surface area (Å²) in [5.74, 6) is -0.107. The van der Waals surface area contributed by atoms with Gasteiger partial charge in [0, 0.05) is 31.9 Å². The third kappa shape index (κ3) is 4.20. The molecule has 0 radical (unpaired) electrons. The van der Waals surface area contributed by atoms with E-state index in [-0.39, 0.29) is 23.5 Å². The Hall–Kier alpha value is -2.45. The number of carbonyl (C=O) groups excluding carboxylic acids is 1. The number of sulfone groups is 1. The van der Waals surface area contributed by atoms with Gasteiger partial charge in [0.15, 0.2) is 9.84 Å². The number of rotatable bonds is 5. The fraction of sp³-hybridized carbons (Fsp3) is 0.333. The molecule has 0 N–H and O–H groups in total. The number of para-hydroxylation sites is 1. The van der Waals surface area contributed by atoms with Crippen LogP contribution in [0.1, 0.15) is 12.0 Å². The van der Waals surface area contributed by atoms with Crippen LogP contribution in [-0.2, 0) is 14.6 Å². The molecule has 0 spiro atoms. The van der Waals surface area contributed by atoms with Crippen molar-refractivity contribution in [2.45, 2.75) is 12.5 Å². The average molecular weight is 374 g/mol. The van der Waals surface area contributed by atoms with Crippen molar-refractivity contribution in [2.24, 2.45) is 0 Å². The Morgan fingerprint density at radius 3 is 2.62 bits per heavy atom. The van der Waals surface area contributed by atoms with Gasteiger partial charge in [-0.15, -0.1) is 0 Å². The van der Waals surface area contributed by atoms with Crippen LogP contribution >= 0.6 is 0 Å². The van der Waals surface area contributed by atoms with Gasteiger partial charge in [-0.3, -0.25) is 9.80 Å². The van der Waals surface area contributed by atoms with E-state index < -0.39 is 9.84 Å². The summed E-state index contributed by atoms with van der Waals surface area (Å²) in [5, 5.41) is 7.44. The topological polar surface area (TPSA) is 75.5 Å². The van der Waals surface area contributed by atoms with Gasteiger partial charge < -0.3 is 0 Å². The maximum atomic E-state index is 12.6. The molecule has 1 saturated heterocycles. The van der Waals surface area contributed by atoms with E-state index in [1.54, 1.807) is 36.1 Å². The first-order valence-corrected chi connectivity index (χ1v) is 10.2. The lowest BCUT2D eigenvalue weighted by molar-refractivity contribution is -0.143. The van der Waals surface area contributed by atoms with E-state index in [1.165, 1.54) is 11.1 Å². The molecule has 1 aromatic carbocycles. The molecule has 1 aromatic heterocycles. The minimum atomic E-state index is -3.06. The van der Waals surface area contributed by atoms with Crippen LogP contribution < -0.4 is 0 Å². The lowest BCUT2D eigenvalue weighted by atomic mass is 10.2. The van der Waals surface area contributed by atoms with E-state index in [2.05, 4.69) is 5.10 Å². The van der Waals surface area contributed by atoms with Gasteiger partial charge in [0.1, 0.15) is 0 Å². The number of aromatic nitrogens is 2. The number of nitrogens with zero attached hydrogens (tertiary/aromatic N) is 4. The molecule has 26 heavy (non-hydrogen) atoms. The highest BCUT2D eigenvalue weighted by Gasteiger charge is 2.35. The number of hydrazine groups is 1. The van der Waals surface area contributed by atoms with Crippen LogP contribution in [0.3, 0.4) is 0 Å². The molecule has 1 unspecified atom stereocenters. The molecule has 8 heteroatoms. The Balaban J connectivity index is 1.73. The van der Waals surface area contributed by atoms with E-state index in [0.29, 0.717) is 6.42 Å². The molecule has 1 atom stereocenters. The minimum Gasteiger partial charge on any atom is -0.268 e. The van der Waals surface area contributed by atoms with Gasteiger partial charge in [-0.25, -0.2) is 18.1 Å². The highest BCUT2D eigenvalue weighted by Crippen LogP contribution is 2.19. The maximum absolute atomic E-state index is 12.6. The molecular formula is C18H22N4O3S. The molecule has 3 rings (SSSR count). The van der Waals surface area contributed by atoms with Crippen molar-refractivity contribution < 1.29 is 13.2 Å². The Labute approximate surface area is 153 Å². The molecule has 2 aromatic rings. The molecule has 1 amide bonds. The van der Waals surface area contributed by atoms with Crippen molar-refractivity contribution in [3.63, 3.8) is 0 Å². The zero-order valence-electron chi connectivity index (χ0n) is 14.8. The fourth-order valence-electron chi connectivity index (χ4n) is 3.06. The van der Waals surface area contributed by atoms with E-state index >= 15 is 0 Å². The summed E-state index contributed by atoms with van der Waals surface area (Å²) >= 11 is 0. The van der Waals surface area contributed by atoms with E-state index in [9.17, 15) is 13.2 Å². The number of hydrogen-bond acceptors (Lipinski definition) is 5. The van der Waals surface area contributed by atoms with Gasteiger partial charge in [0.2, 0.25) is 0 Å². The molecule has 0 bridgehead atoms. The fourth-order valence-corrected chi connectivity index (χ4v) is 4.75. The van der Waals surface area contributed by atoms with Crippen LogP contribution in [0.4, 0.5) is 0 Å². The normalized spacial score (nSPS) is 19.3. The van der Waals surface area contributed by atoms with Gasteiger partial charge in [0.25, 0.3) is 5.91 Å². The van der Waals surface area contributed by atoms with E-state index in [1.807, 2.05) is 36.5 Å². The van der Waals surface area contributed by atoms with Crippen molar-refractivity contribution in [3.05, 3.63) is 54.4 Å². The maximum Gasteiger partial charge on any atom is 0.261 e. The van der Waals surface area contributed by atoms with Crippen molar-refractivity contribution in [2.75, 3.05) is 25.6 Å². The second-order valence-corrected chi connectivity index (χ2v) is 8.70. The molecule has 138 valence electrons. The number of benzene rings is 1. The van der Waals surface area contributed by atoms with Gasteiger partial charge in [-0.1, -0.05) is 18.2 Å². The summed E-state index contributed by atoms with van der Waals surface area (Å²) < 4.78 is 25.2. The standard InChI is InChI=1S/C18H22N4O3S/c1-20(2)22(17-10-11-26(24,25)14-17)18(23)9-8-15-12-19-21(13-15)16-6-4-3-5-7-16/h3-9,12-13,17H,10-11,14H2,1-2H3/b9-8+. The Bertz CT molecular complexity index is 904. The van der Waals surface area contributed by atoms with Crippen LogP contribution in [0, 0.1) is 0 Å². The van der Waals surface area contributed by atoms with Crippen LogP contribution in [0.15, 0.2) is 48.8 Å². The van der Waals surface area contributed by atoms with Crippen molar-refractivity contribution in [3.8, 4) is 5.69 Å². The summed E-state index contributed by atoms with van der Waals surface area (Å²) in [6.45, 7) is 0. The molecule has 2 heterocycles. The number of carbonyl (C=O) groups is 1. The second kappa shape index (κ2) is 7.43. The smallest absolute Gasteiger partial charge is 0.261 e. The molecule has 7 nitrogen and oxygen atoms in total. The summed E-state index contributed by atoms with van der Waals surface area (Å²) in [6.07, 6.45) is 7.12. The third-order valence-electron chi connectivity index (χ3n) is 4.25. The molecule has 1 aliphatic rings. The average Bonchev–Trinajstić information content (AvgIpc) is 3.20. The van der Waals surface area contributed by atoms with Gasteiger partial charge in [-0.2, -0.15) is 5.10 Å². The molecule has 1 aliphatic heterocycles. The van der Waals surface area contributed by atoms with Gasteiger partial charge >= 0.3 is 0 Å². The molecule has 0 saturated carbocycles. The summed E-state index contributed by atoms with van der Waals surface area (Å²) in [7, 11) is 0.420. The van der Waals surface area contributed by atoms with Crippen LogP contribution in [-0.4, -0.2) is 65.8 Å². The summed E-state index contributed by atoms with van der Waals surface area (Å²) in [5.41, 5.74) is 1.73. The van der Waals surface area contributed by atoms with Gasteiger partial charge in [0.05, 0.1) is 29.4 Å². The zero-order chi connectivity index (χ0) is 18.7. The second-order valence-electron chi connectivity index (χ2n) is 6.47. The SMILES string of the molecule is CN(C)N(C(=O)/C=C/c1cnn(-c2ccccc2)c1)C1CCS(=O)(=O)C1. The highest BCUT2D eigenvalue weighted by atomic mass is 32.2. The predicted molar refractivity (Wildman–Crippen MR) is 100 cm³/mol. The molecule has 0 aliphatic carbocycles. The monoisotopic (exact) mass is 374 g/mol. The summed E-state index contributed by atoms with van der Waals surface area (Å²) in [4.78, 5) is 12.6. The largest absolute Gasteiger partial charge is 0.268 e. The third-order valence-corrected chi connectivity index (χ3v) is 6.00. The molecule has 1 fully saturated rings. The zero-order valence-corrected chi connectivity index (χ0v) is 15.6. The van der Waals surface area contributed by atoms with Crippen molar-refractivity contribution in [1.29, 1.82) is 0 Å². The first-order valence-electron chi connectivity index (χ1n) is 8.35. The number of hydrogen-bond donors (Lipinski definition) is 0. The Morgan fingerprint density at radius 2 is 2.00 bits per heavy atom. The first kappa shape index (κ1) is 18.3. The van der Waals surface area contributed by atoms with Gasteiger partial charge in [-0.05, 0) is 24.6 Å². The van der Waals surface area contributed by atoms with Crippen molar-refractivity contribution in [1.82, 2.24) is 19.8 Å². The van der Waals surface area contributed by atoms with Crippen LogP contribution in [0.25, 0.3) is 11.8 Å². The van der Waals surface area contributed by atoms with Crippen LogP contribution in [0.5, 0.6) is 0 Å². The van der Waals surface area contributed by atoms with Crippen LogP contribution in [0.2, 0.25) is 0 Å². The highest BCUT2D eigenvalue weighted by molar-refractivity contribution is 7.91. The van der Waals surface area contributed by atoms with E-state index in [4.69, 9.17) is 0 Å². The predicted octanol–water partition coefficient (Wildman–Crippen LogP) is 1.38. The minimum absolute atomic E-state index is 0.0106. The number of amides is 1. The molecular weight excluding hydrogens is 352 g/mol. The lowest BCUT2D eigenvalue weighted by Gasteiger charge is -2.32. The van der Waals surface area contributed by atoms with E-state index in [0.717, 1.165) is 11.3 Å².